The summed E-state index contributed by atoms with van der Waals surface area (Å²) in [5.41, 5.74) is -0.873. The molecule has 0 aliphatic rings. The predicted octanol–water partition coefficient (Wildman–Crippen LogP) is 2.15. The minimum atomic E-state index is -1.53. The molecule has 0 heterocycles. The van der Waals surface area contributed by atoms with Gasteiger partial charge in [0.25, 0.3) is 0 Å². The van der Waals surface area contributed by atoms with E-state index in [4.69, 9.17) is 0 Å². The topological polar surface area (TPSA) is 156 Å². The van der Waals surface area contributed by atoms with Crippen molar-refractivity contribution in [1.29, 1.82) is 0 Å². The second kappa shape index (κ2) is 7.31. The number of carbonyl (C=O) groups is 2. The quantitative estimate of drug-likeness (QED) is 0.270. The number of hydrogen-bond donors (Lipinski definition) is 6. The molecule has 0 aromatic heterocycles. The van der Waals surface area contributed by atoms with Gasteiger partial charge < -0.3 is 30.6 Å². The van der Waals surface area contributed by atoms with Crippen molar-refractivity contribution in [1.82, 2.24) is 0 Å². The Morgan fingerprint density at radius 3 is 1.23 bits per heavy atom. The highest BCUT2D eigenvalue weighted by Crippen LogP contribution is 2.29. The van der Waals surface area contributed by atoms with Crippen LogP contribution in [-0.2, 0) is 9.59 Å². The minimum Gasteiger partial charge on any atom is -0.504 e. The summed E-state index contributed by atoms with van der Waals surface area (Å²) in [7, 11) is 0. The molecule has 0 amide bonds. The molecule has 134 valence electrons. The van der Waals surface area contributed by atoms with E-state index in [1.807, 2.05) is 0 Å². The first-order valence-electron chi connectivity index (χ1n) is 7.13. The molecule has 2 aromatic carbocycles. The van der Waals surface area contributed by atoms with E-state index >= 15 is 0 Å². The third-order valence-corrected chi connectivity index (χ3v) is 3.37. The molecule has 2 rings (SSSR count). The van der Waals surface area contributed by atoms with Crippen LogP contribution in [-0.4, -0.2) is 42.6 Å². The Labute approximate surface area is 146 Å². The second-order valence-electron chi connectivity index (χ2n) is 5.22. The fourth-order valence-corrected chi connectivity index (χ4v) is 2.10. The Balaban J connectivity index is 2.59. The maximum Gasteiger partial charge on any atom is 0.336 e. The Bertz CT molecular complexity index is 863. The van der Waals surface area contributed by atoms with Crippen molar-refractivity contribution in [3.8, 4) is 23.0 Å². The fourth-order valence-electron chi connectivity index (χ4n) is 2.10. The van der Waals surface area contributed by atoms with Gasteiger partial charge in [-0.15, -0.1) is 0 Å². The van der Waals surface area contributed by atoms with Crippen LogP contribution >= 0.6 is 0 Å². The molecule has 2 aromatic rings. The molecule has 0 spiro atoms. The van der Waals surface area contributed by atoms with E-state index in [1.165, 1.54) is 12.1 Å². The molecule has 0 radical (unpaired) electrons. The second-order valence-corrected chi connectivity index (χ2v) is 5.22. The summed E-state index contributed by atoms with van der Waals surface area (Å²) in [4.78, 5) is 23.1. The molecule has 26 heavy (non-hydrogen) atoms. The standard InChI is InChI=1S/C18H14O8/c19-13-3-1-9(7-15(13)21)5-11(17(23)24)12(18(25)26)6-10-2-4-14(20)16(22)8-10/h1-8,19-22H,(H,23,24)(H,25,26)/b11-5+,12-6+. The van der Waals surface area contributed by atoms with Gasteiger partial charge in [-0.25, -0.2) is 9.59 Å². The first kappa shape index (κ1) is 18.4. The fraction of sp³-hybridized carbons (Fsp3) is 0. The number of phenols is 4. The van der Waals surface area contributed by atoms with Crippen LogP contribution in [0.1, 0.15) is 11.1 Å². The number of carboxylic acids is 2. The maximum absolute atomic E-state index is 11.5. The van der Waals surface area contributed by atoms with Gasteiger partial charge in [0.2, 0.25) is 0 Å². The molecule has 0 saturated carbocycles. The molecule has 6 N–H and O–H groups in total. The third-order valence-electron chi connectivity index (χ3n) is 3.37. The summed E-state index contributed by atoms with van der Waals surface area (Å²) in [6.07, 6.45) is 2.03. The largest absolute Gasteiger partial charge is 0.504 e. The summed E-state index contributed by atoms with van der Waals surface area (Å²) in [6.45, 7) is 0. The van der Waals surface area contributed by atoms with Crippen molar-refractivity contribution >= 4 is 24.1 Å². The van der Waals surface area contributed by atoms with Crippen LogP contribution in [0.15, 0.2) is 47.5 Å². The highest BCUT2D eigenvalue weighted by atomic mass is 16.4. The molecular formula is C18H14O8. The van der Waals surface area contributed by atoms with E-state index in [2.05, 4.69) is 0 Å². The summed E-state index contributed by atoms with van der Waals surface area (Å²) < 4.78 is 0. The lowest BCUT2D eigenvalue weighted by Gasteiger charge is -2.06. The van der Waals surface area contributed by atoms with Gasteiger partial charge in [0.05, 0.1) is 11.1 Å². The Morgan fingerprint density at radius 2 is 0.962 bits per heavy atom. The van der Waals surface area contributed by atoms with E-state index in [0.717, 1.165) is 36.4 Å². The van der Waals surface area contributed by atoms with Crippen molar-refractivity contribution < 1.29 is 40.2 Å². The van der Waals surface area contributed by atoms with Crippen LogP contribution in [0, 0.1) is 0 Å². The number of phenolic OH excluding ortho intramolecular Hbond substituents is 4. The molecule has 0 aliphatic carbocycles. The highest BCUT2D eigenvalue weighted by molar-refractivity contribution is 6.11. The SMILES string of the molecule is O=C(O)C(=C/c1ccc(O)c(O)c1)/C(=C\c1ccc(O)c(O)c1)C(=O)O. The smallest absolute Gasteiger partial charge is 0.336 e. The van der Waals surface area contributed by atoms with Gasteiger partial charge in [0.1, 0.15) is 0 Å². The number of hydrogen-bond acceptors (Lipinski definition) is 6. The minimum absolute atomic E-state index is 0.151. The molecule has 8 nitrogen and oxygen atoms in total. The van der Waals surface area contributed by atoms with Crippen LogP contribution in [0.3, 0.4) is 0 Å². The summed E-state index contributed by atoms with van der Waals surface area (Å²) in [6, 6.07) is 6.99. The van der Waals surface area contributed by atoms with Crippen molar-refractivity contribution in [2.75, 3.05) is 0 Å². The van der Waals surface area contributed by atoms with E-state index in [-0.39, 0.29) is 11.1 Å². The lowest BCUT2D eigenvalue weighted by atomic mass is 10.00. The Hall–Kier alpha value is -3.94. The molecule has 0 atom stereocenters. The van der Waals surface area contributed by atoms with E-state index in [9.17, 15) is 40.2 Å². The predicted molar refractivity (Wildman–Crippen MR) is 90.8 cm³/mol. The van der Waals surface area contributed by atoms with Gasteiger partial charge in [-0.2, -0.15) is 0 Å². The monoisotopic (exact) mass is 358 g/mol. The lowest BCUT2D eigenvalue weighted by molar-refractivity contribution is -0.136. The Morgan fingerprint density at radius 1 is 0.615 bits per heavy atom. The van der Waals surface area contributed by atoms with E-state index in [1.54, 1.807) is 0 Å². The first-order valence-corrected chi connectivity index (χ1v) is 7.13. The van der Waals surface area contributed by atoms with Gasteiger partial charge in [0.15, 0.2) is 23.0 Å². The molecule has 0 saturated heterocycles. The zero-order valence-corrected chi connectivity index (χ0v) is 13.1. The summed E-state index contributed by atoms with van der Waals surface area (Å²) in [5, 5.41) is 56.3. The molecule has 0 unspecified atom stereocenters. The van der Waals surface area contributed by atoms with Crippen LogP contribution in [0.4, 0.5) is 0 Å². The zero-order valence-electron chi connectivity index (χ0n) is 13.1. The number of rotatable bonds is 5. The number of carboxylic acid groups (broad SMARTS) is 2. The number of aliphatic carboxylic acids is 2. The summed E-state index contributed by atoms with van der Waals surface area (Å²) in [5.74, 6) is -4.87. The number of aromatic hydroxyl groups is 4. The van der Waals surface area contributed by atoms with Crippen LogP contribution in [0.5, 0.6) is 23.0 Å². The van der Waals surface area contributed by atoms with E-state index in [0.29, 0.717) is 0 Å². The van der Waals surface area contributed by atoms with Crippen LogP contribution in [0.2, 0.25) is 0 Å². The molecule has 8 heteroatoms. The lowest BCUT2D eigenvalue weighted by Crippen LogP contribution is -2.11. The number of benzene rings is 2. The first-order chi connectivity index (χ1) is 12.2. The van der Waals surface area contributed by atoms with Gasteiger partial charge in [-0.3, -0.25) is 0 Å². The van der Waals surface area contributed by atoms with Gasteiger partial charge in [-0.1, -0.05) is 12.1 Å². The van der Waals surface area contributed by atoms with Crippen molar-refractivity contribution in [3.05, 3.63) is 58.7 Å². The molecule has 0 bridgehead atoms. The molecular weight excluding hydrogens is 344 g/mol. The van der Waals surface area contributed by atoms with Crippen molar-refractivity contribution in [2.45, 2.75) is 0 Å². The van der Waals surface area contributed by atoms with Crippen molar-refractivity contribution in [3.63, 3.8) is 0 Å². The molecule has 0 fully saturated rings. The highest BCUT2D eigenvalue weighted by Gasteiger charge is 2.20. The summed E-state index contributed by atoms with van der Waals surface area (Å²) >= 11 is 0. The van der Waals surface area contributed by atoms with Gasteiger partial charge >= 0.3 is 11.9 Å². The van der Waals surface area contributed by atoms with Gasteiger partial charge in [-0.05, 0) is 47.5 Å². The van der Waals surface area contributed by atoms with Crippen molar-refractivity contribution in [2.24, 2.45) is 0 Å². The van der Waals surface area contributed by atoms with Crippen LogP contribution in [0.25, 0.3) is 12.2 Å². The average Bonchev–Trinajstić information content (AvgIpc) is 2.56. The third kappa shape index (κ3) is 4.12. The van der Waals surface area contributed by atoms with Gasteiger partial charge in [0, 0.05) is 0 Å². The zero-order chi connectivity index (χ0) is 19.4. The average molecular weight is 358 g/mol. The normalized spacial score (nSPS) is 12.0. The van der Waals surface area contributed by atoms with Crippen LogP contribution < -0.4 is 0 Å². The maximum atomic E-state index is 11.5. The Kier molecular flexibility index (Phi) is 5.17. The van der Waals surface area contributed by atoms with E-state index < -0.39 is 46.1 Å². The molecule has 0 aliphatic heterocycles.